The summed E-state index contributed by atoms with van der Waals surface area (Å²) in [6, 6.07) is 12.3. The Bertz CT molecular complexity index is 809. The highest BCUT2D eigenvalue weighted by molar-refractivity contribution is 7.98. The summed E-state index contributed by atoms with van der Waals surface area (Å²) in [5.74, 6) is -1.05. The van der Waals surface area contributed by atoms with Crippen molar-refractivity contribution in [1.82, 2.24) is 0 Å². The molecule has 1 N–H and O–H groups in total. The maximum absolute atomic E-state index is 11.8. The Kier molecular flexibility index (Phi) is 7.37. The fourth-order valence-electron chi connectivity index (χ4n) is 1.88. The smallest absolute Gasteiger partial charge is 0.331 e. The number of nitrogens with one attached hydrogen (secondary N) is 1. The Morgan fingerprint density at radius 1 is 1.20 bits per heavy atom. The average molecular weight is 396 g/mol. The number of thioether (sulfide) groups is 1. The molecule has 2 rings (SSSR count). The van der Waals surface area contributed by atoms with E-state index < -0.39 is 11.9 Å². The quantitative estimate of drug-likeness (QED) is 0.428. The van der Waals surface area contributed by atoms with Gasteiger partial charge in [0.15, 0.2) is 6.61 Å². The van der Waals surface area contributed by atoms with Crippen LogP contribution in [0.5, 0.6) is 0 Å². The van der Waals surface area contributed by atoms with Crippen LogP contribution in [-0.4, -0.2) is 24.7 Å². The van der Waals surface area contributed by atoms with Crippen molar-refractivity contribution >= 4 is 58.6 Å². The van der Waals surface area contributed by atoms with E-state index in [0.717, 1.165) is 4.90 Å². The molecule has 0 unspecified atom stereocenters. The third-order valence-electron chi connectivity index (χ3n) is 3.06. The van der Waals surface area contributed by atoms with E-state index in [4.69, 9.17) is 27.9 Å². The zero-order valence-electron chi connectivity index (χ0n) is 13.3. The molecule has 0 aliphatic heterocycles. The largest absolute Gasteiger partial charge is 0.452 e. The highest BCUT2D eigenvalue weighted by Crippen LogP contribution is 2.22. The summed E-state index contributed by atoms with van der Waals surface area (Å²) < 4.78 is 4.91. The summed E-state index contributed by atoms with van der Waals surface area (Å²) >= 11 is 13.4. The van der Waals surface area contributed by atoms with Crippen LogP contribution in [0.2, 0.25) is 10.0 Å². The van der Waals surface area contributed by atoms with Gasteiger partial charge in [-0.2, -0.15) is 0 Å². The standard InChI is InChI=1S/C18H15Cl2NO3S/c1-25-15-4-2-3-14(10-15)21-17(22)11-24-18(23)8-6-12-5-7-13(19)9-16(12)20/h2-10H,11H2,1H3,(H,21,22)/b8-6+. The van der Waals surface area contributed by atoms with Crippen LogP contribution in [-0.2, 0) is 14.3 Å². The van der Waals surface area contributed by atoms with E-state index in [-0.39, 0.29) is 6.61 Å². The first-order chi connectivity index (χ1) is 12.0. The Labute approximate surface area is 160 Å². The van der Waals surface area contributed by atoms with E-state index in [1.165, 1.54) is 12.2 Å². The summed E-state index contributed by atoms with van der Waals surface area (Å²) in [4.78, 5) is 24.5. The maximum atomic E-state index is 11.8. The van der Waals surface area contributed by atoms with Gasteiger partial charge < -0.3 is 10.1 Å². The molecule has 0 aliphatic rings. The van der Waals surface area contributed by atoms with Gasteiger partial charge in [-0.1, -0.05) is 35.3 Å². The van der Waals surface area contributed by atoms with Crippen molar-refractivity contribution in [2.75, 3.05) is 18.2 Å². The van der Waals surface area contributed by atoms with E-state index in [2.05, 4.69) is 5.32 Å². The van der Waals surface area contributed by atoms with E-state index in [0.29, 0.717) is 21.3 Å². The predicted molar refractivity (Wildman–Crippen MR) is 103 cm³/mol. The van der Waals surface area contributed by atoms with Gasteiger partial charge in [0.05, 0.1) is 0 Å². The Morgan fingerprint density at radius 3 is 2.72 bits per heavy atom. The lowest BCUT2D eigenvalue weighted by molar-refractivity contribution is -0.142. The van der Waals surface area contributed by atoms with Crippen LogP contribution in [0, 0.1) is 0 Å². The van der Waals surface area contributed by atoms with Crippen molar-refractivity contribution < 1.29 is 14.3 Å². The number of anilines is 1. The van der Waals surface area contributed by atoms with Crippen LogP contribution in [0.25, 0.3) is 6.08 Å². The minimum absolute atomic E-state index is 0.374. The van der Waals surface area contributed by atoms with Gasteiger partial charge in [0.1, 0.15) is 0 Å². The number of esters is 1. The number of carbonyl (C=O) groups excluding carboxylic acids is 2. The van der Waals surface area contributed by atoms with Crippen molar-refractivity contribution in [2.24, 2.45) is 0 Å². The van der Waals surface area contributed by atoms with Gasteiger partial charge in [-0.25, -0.2) is 4.79 Å². The van der Waals surface area contributed by atoms with Crippen LogP contribution in [0.15, 0.2) is 53.4 Å². The zero-order valence-corrected chi connectivity index (χ0v) is 15.6. The second-order valence-electron chi connectivity index (χ2n) is 4.89. The van der Waals surface area contributed by atoms with Crippen LogP contribution in [0.1, 0.15) is 5.56 Å². The van der Waals surface area contributed by atoms with E-state index in [1.807, 2.05) is 24.5 Å². The van der Waals surface area contributed by atoms with Crippen molar-refractivity contribution in [3.05, 3.63) is 64.1 Å². The summed E-state index contributed by atoms with van der Waals surface area (Å²) in [6.07, 6.45) is 4.65. The van der Waals surface area contributed by atoms with Crippen molar-refractivity contribution in [1.29, 1.82) is 0 Å². The van der Waals surface area contributed by atoms with Crippen LogP contribution in [0.4, 0.5) is 5.69 Å². The molecule has 25 heavy (non-hydrogen) atoms. The monoisotopic (exact) mass is 395 g/mol. The lowest BCUT2D eigenvalue weighted by atomic mass is 10.2. The Hall–Kier alpha value is -1.95. The second kappa shape index (κ2) is 9.51. The van der Waals surface area contributed by atoms with Crippen molar-refractivity contribution in [2.45, 2.75) is 4.90 Å². The molecule has 0 atom stereocenters. The molecule has 2 aromatic carbocycles. The van der Waals surface area contributed by atoms with Crippen molar-refractivity contribution in [3.8, 4) is 0 Å². The number of hydrogen-bond acceptors (Lipinski definition) is 4. The van der Waals surface area contributed by atoms with E-state index in [9.17, 15) is 9.59 Å². The molecule has 130 valence electrons. The minimum Gasteiger partial charge on any atom is -0.452 e. The van der Waals surface area contributed by atoms with Gasteiger partial charge in [-0.15, -0.1) is 11.8 Å². The first-order valence-corrected chi connectivity index (χ1v) is 9.20. The maximum Gasteiger partial charge on any atom is 0.331 e. The minimum atomic E-state index is -0.640. The molecule has 0 saturated heterocycles. The normalized spacial score (nSPS) is 10.7. The molecule has 0 aliphatic carbocycles. The molecule has 4 nitrogen and oxygen atoms in total. The summed E-state index contributed by atoms with van der Waals surface area (Å²) in [7, 11) is 0. The van der Waals surface area contributed by atoms with Crippen LogP contribution >= 0.6 is 35.0 Å². The fourth-order valence-corrected chi connectivity index (χ4v) is 2.81. The highest BCUT2D eigenvalue weighted by Gasteiger charge is 2.06. The predicted octanol–water partition coefficient (Wildman–Crippen LogP) is 4.91. The van der Waals surface area contributed by atoms with Crippen molar-refractivity contribution in [3.63, 3.8) is 0 Å². The third-order valence-corrected chi connectivity index (χ3v) is 4.35. The SMILES string of the molecule is CSc1cccc(NC(=O)COC(=O)/C=C/c2ccc(Cl)cc2Cl)c1. The first kappa shape index (κ1) is 19.4. The number of ether oxygens (including phenoxy) is 1. The molecule has 0 fully saturated rings. The average Bonchev–Trinajstić information content (AvgIpc) is 2.59. The molecular weight excluding hydrogens is 381 g/mol. The molecule has 0 radical (unpaired) electrons. The van der Waals surface area contributed by atoms with Crippen LogP contribution in [0.3, 0.4) is 0 Å². The molecule has 0 bridgehead atoms. The van der Waals surface area contributed by atoms with Gasteiger partial charge in [0.25, 0.3) is 5.91 Å². The fraction of sp³-hybridized carbons (Fsp3) is 0.111. The van der Waals surface area contributed by atoms with Gasteiger partial charge in [-0.05, 0) is 48.2 Å². The number of halogens is 2. The Balaban J connectivity index is 1.84. The molecule has 0 spiro atoms. The number of rotatable bonds is 6. The number of amides is 1. The lowest BCUT2D eigenvalue weighted by Gasteiger charge is -2.06. The second-order valence-corrected chi connectivity index (χ2v) is 6.61. The van der Waals surface area contributed by atoms with Gasteiger partial charge in [-0.3, -0.25) is 4.79 Å². The molecule has 0 heterocycles. The summed E-state index contributed by atoms with van der Waals surface area (Å²) in [6.45, 7) is -0.374. The molecule has 0 aromatic heterocycles. The molecule has 1 amide bonds. The van der Waals surface area contributed by atoms with Crippen LogP contribution < -0.4 is 5.32 Å². The van der Waals surface area contributed by atoms with E-state index >= 15 is 0 Å². The summed E-state index contributed by atoms with van der Waals surface area (Å²) in [5.41, 5.74) is 1.28. The number of carbonyl (C=O) groups is 2. The first-order valence-electron chi connectivity index (χ1n) is 7.22. The van der Waals surface area contributed by atoms with Gasteiger partial charge in [0, 0.05) is 26.7 Å². The number of hydrogen-bond donors (Lipinski definition) is 1. The van der Waals surface area contributed by atoms with E-state index in [1.54, 1.807) is 36.0 Å². The highest BCUT2D eigenvalue weighted by atomic mass is 35.5. The van der Waals surface area contributed by atoms with Gasteiger partial charge >= 0.3 is 5.97 Å². The number of benzene rings is 2. The molecule has 7 heteroatoms. The summed E-state index contributed by atoms with van der Waals surface area (Å²) in [5, 5.41) is 3.60. The zero-order chi connectivity index (χ0) is 18.2. The molecular formula is C18H15Cl2NO3S. The lowest BCUT2D eigenvalue weighted by Crippen LogP contribution is -2.20. The third kappa shape index (κ3) is 6.46. The Morgan fingerprint density at radius 2 is 2.00 bits per heavy atom. The topological polar surface area (TPSA) is 55.4 Å². The molecule has 0 saturated carbocycles. The van der Waals surface area contributed by atoms with Gasteiger partial charge in [0.2, 0.25) is 0 Å². The molecule has 2 aromatic rings.